The van der Waals surface area contributed by atoms with Crippen molar-refractivity contribution in [2.75, 3.05) is 0 Å². The third kappa shape index (κ3) is 4.16. The van der Waals surface area contributed by atoms with E-state index in [1.165, 1.54) is 52.1 Å². The van der Waals surface area contributed by atoms with Crippen molar-refractivity contribution in [1.29, 1.82) is 0 Å². The molecule has 0 aromatic heterocycles. The van der Waals surface area contributed by atoms with Gasteiger partial charge >= 0.3 is 0 Å². The van der Waals surface area contributed by atoms with Crippen LogP contribution in [0.5, 0.6) is 0 Å². The average molecular weight is 644 g/mol. The zero-order chi connectivity index (χ0) is 18.8. The molecule has 2 aromatic rings. The van der Waals surface area contributed by atoms with Crippen molar-refractivity contribution >= 4 is 87.2 Å². The summed E-state index contributed by atoms with van der Waals surface area (Å²) in [6, 6.07) is 4.80. The highest BCUT2D eigenvalue weighted by Crippen LogP contribution is 2.48. The van der Waals surface area contributed by atoms with E-state index < -0.39 is 0 Å². The number of halogens is 4. The Bertz CT molecular complexity index is 766. The molecule has 6 heteroatoms. The van der Waals surface area contributed by atoms with E-state index >= 15 is 0 Å². The molecule has 0 bridgehead atoms. The summed E-state index contributed by atoms with van der Waals surface area (Å²) in [4.78, 5) is 2.94. The normalized spacial score (nSPS) is 13.8. The van der Waals surface area contributed by atoms with Gasteiger partial charge in [0.1, 0.15) is 0 Å². The van der Waals surface area contributed by atoms with Crippen LogP contribution in [0.15, 0.2) is 30.9 Å². The molecule has 1 aliphatic heterocycles. The fourth-order valence-electron chi connectivity index (χ4n) is 3.28. The average Bonchev–Trinajstić information content (AvgIpc) is 2.65. The van der Waals surface area contributed by atoms with Gasteiger partial charge in [-0.15, -0.1) is 23.5 Å². The zero-order valence-electron chi connectivity index (χ0n) is 14.7. The van der Waals surface area contributed by atoms with E-state index in [9.17, 15) is 0 Å². The lowest BCUT2D eigenvalue weighted by Gasteiger charge is -2.24. The summed E-state index contributed by atoms with van der Waals surface area (Å²) in [6.45, 7) is 4.50. The SMILES string of the molecule is CCc1c(Br)c(Br)c(CC)c2c1SCc1cc(CBr)c(CBr)cc1CS2. The predicted molar refractivity (Wildman–Crippen MR) is 131 cm³/mol. The van der Waals surface area contributed by atoms with E-state index in [2.05, 4.69) is 89.7 Å². The van der Waals surface area contributed by atoms with Crippen LogP contribution in [0.2, 0.25) is 0 Å². The first-order valence-corrected chi connectivity index (χ1v) is 14.4. The zero-order valence-corrected chi connectivity index (χ0v) is 22.7. The van der Waals surface area contributed by atoms with Gasteiger partial charge in [0.05, 0.1) is 0 Å². The number of hydrogen-bond donors (Lipinski definition) is 0. The minimum Gasteiger partial charge on any atom is -0.120 e. The fourth-order valence-corrected chi connectivity index (χ4v) is 8.87. The number of alkyl halides is 2. The minimum atomic E-state index is 0.911. The molecule has 2 aromatic carbocycles. The molecule has 0 N–H and O–H groups in total. The first-order valence-electron chi connectivity index (χ1n) is 8.59. The summed E-state index contributed by atoms with van der Waals surface area (Å²) in [5.74, 6) is 2.07. The monoisotopic (exact) mass is 640 g/mol. The minimum absolute atomic E-state index is 0.911. The molecule has 1 heterocycles. The molecule has 1 aliphatic rings. The molecular formula is C20H20Br4S2. The molecule has 0 amide bonds. The molecule has 0 saturated heterocycles. The number of hydrogen-bond acceptors (Lipinski definition) is 2. The molecule has 3 rings (SSSR count). The fraction of sp³-hybridized carbons (Fsp3) is 0.400. The van der Waals surface area contributed by atoms with Crippen LogP contribution in [-0.4, -0.2) is 0 Å². The molecular weight excluding hydrogens is 624 g/mol. The van der Waals surface area contributed by atoms with Crippen molar-refractivity contribution in [3.8, 4) is 0 Å². The van der Waals surface area contributed by atoms with Crippen LogP contribution in [0, 0.1) is 0 Å². The largest absolute Gasteiger partial charge is 0.120 e. The van der Waals surface area contributed by atoms with Crippen molar-refractivity contribution < 1.29 is 0 Å². The Labute approximate surface area is 198 Å². The quantitative estimate of drug-likeness (QED) is 0.305. The summed E-state index contributed by atoms with van der Waals surface area (Å²) in [6.07, 6.45) is 2.09. The number of thioether (sulfide) groups is 2. The van der Waals surface area contributed by atoms with Crippen molar-refractivity contribution in [1.82, 2.24) is 0 Å². The maximum Gasteiger partial charge on any atom is 0.0364 e. The molecule has 140 valence electrons. The summed E-state index contributed by atoms with van der Waals surface area (Å²) in [7, 11) is 0. The molecule has 0 nitrogen and oxygen atoms in total. The van der Waals surface area contributed by atoms with E-state index in [0.717, 1.165) is 35.0 Å². The van der Waals surface area contributed by atoms with Crippen LogP contribution in [0.1, 0.15) is 47.2 Å². The molecule has 0 spiro atoms. The van der Waals surface area contributed by atoms with Gasteiger partial charge < -0.3 is 0 Å². The third-order valence-electron chi connectivity index (χ3n) is 4.74. The number of fused-ring (bicyclic) bond motifs is 2. The molecule has 0 fully saturated rings. The topological polar surface area (TPSA) is 0 Å². The summed E-state index contributed by atoms with van der Waals surface area (Å²) in [5.41, 5.74) is 8.62. The summed E-state index contributed by atoms with van der Waals surface area (Å²) >= 11 is 19.0. The molecule has 26 heavy (non-hydrogen) atoms. The Balaban J connectivity index is 2.11. The predicted octanol–water partition coefficient (Wildman–Crippen LogP) is 9.02. The van der Waals surface area contributed by atoms with Crippen molar-refractivity contribution in [2.24, 2.45) is 0 Å². The number of rotatable bonds is 4. The third-order valence-corrected chi connectivity index (χ3v) is 10.7. The van der Waals surface area contributed by atoms with Gasteiger partial charge in [-0.25, -0.2) is 0 Å². The first kappa shape index (κ1) is 21.8. The second-order valence-electron chi connectivity index (χ2n) is 6.18. The van der Waals surface area contributed by atoms with Gasteiger partial charge in [-0.1, -0.05) is 57.8 Å². The molecule has 0 unspecified atom stereocenters. The van der Waals surface area contributed by atoms with Crippen LogP contribution in [0.3, 0.4) is 0 Å². The Kier molecular flexibility index (Phi) is 8.12. The Morgan fingerprint density at radius 3 is 1.46 bits per heavy atom. The molecule has 0 saturated carbocycles. The summed E-state index contributed by atoms with van der Waals surface area (Å²) in [5, 5.41) is 1.82. The van der Waals surface area contributed by atoms with Gasteiger partial charge in [0.2, 0.25) is 0 Å². The first-order chi connectivity index (χ1) is 12.5. The second kappa shape index (κ2) is 9.71. The molecule has 0 atom stereocenters. The van der Waals surface area contributed by atoms with Gasteiger partial charge in [-0.05, 0) is 78.1 Å². The van der Waals surface area contributed by atoms with Gasteiger partial charge in [0, 0.05) is 40.9 Å². The van der Waals surface area contributed by atoms with Crippen LogP contribution in [0.25, 0.3) is 0 Å². The van der Waals surface area contributed by atoms with Crippen LogP contribution < -0.4 is 0 Å². The van der Waals surface area contributed by atoms with Crippen LogP contribution >= 0.6 is 87.2 Å². The highest BCUT2D eigenvalue weighted by molar-refractivity contribution is 9.13. The Morgan fingerprint density at radius 1 is 0.769 bits per heavy atom. The standard InChI is InChI=1S/C20H20Br4S2/c1-3-15-17(23)18(24)16(4-2)20-19(15)25-9-13-5-11(7-21)12(8-22)6-14(13)10-26-20/h5-6H,3-4,7-10H2,1-2H3. The summed E-state index contributed by atoms with van der Waals surface area (Å²) < 4.78 is 2.47. The molecule has 0 aliphatic carbocycles. The van der Waals surface area contributed by atoms with Crippen LogP contribution in [0.4, 0.5) is 0 Å². The van der Waals surface area contributed by atoms with Crippen LogP contribution in [-0.2, 0) is 35.0 Å². The maximum atomic E-state index is 3.85. The van der Waals surface area contributed by atoms with E-state index in [1.54, 1.807) is 0 Å². The lowest BCUT2D eigenvalue weighted by molar-refractivity contribution is 0.951. The second-order valence-corrected chi connectivity index (χ2v) is 10.9. The van der Waals surface area contributed by atoms with E-state index in [4.69, 9.17) is 0 Å². The van der Waals surface area contributed by atoms with Gasteiger partial charge in [0.15, 0.2) is 0 Å². The smallest absolute Gasteiger partial charge is 0.0364 e. The van der Waals surface area contributed by atoms with Gasteiger partial charge in [-0.3, -0.25) is 0 Å². The van der Waals surface area contributed by atoms with E-state index in [-0.39, 0.29) is 0 Å². The molecule has 0 radical (unpaired) electrons. The van der Waals surface area contributed by atoms with Crippen molar-refractivity contribution in [3.05, 3.63) is 54.5 Å². The van der Waals surface area contributed by atoms with Crippen molar-refractivity contribution in [3.63, 3.8) is 0 Å². The van der Waals surface area contributed by atoms with Crippen molar-refractivity contribution in [2.45, 2.75) is 58.6 Å². The van der Waals surface area contributed by atoms with E-state index in [1.807, 2.05) is 23.5 Å². The van der Waals surface area contributed by atoms with Gasteiger partial charge in [-0.2, -0.15) is 0 Å². The Morgan fingerprint density at radius 2 is 1.15 bits per heavy atom. The van der Waals surface area contributed by atoms with E-state index in [0.29, 0.717) is 0 Å². The highest BCUT2D eigenvalue weighted by Gasteiger charge is 2.23. The van der Waals surface area contributed by atoms with Gasteiger partial charge in [0.25, 0.3) is 0 Å². The maximum absolute atomic E-state index is 3.85. The highest BCUT2D eigenvalue weighted by atomic mass is 79.9. The number of benzene rings is 2. The Hall–Kier alpha value is 1.06. The lowest BCUT2D eigenvalue weighted by Crippen LogP contribution is -2.04. The lowest BCUT2D eigenvalue weighted by atomic mass is 10.0.